The van der Waals surface area contributed by atoms with Gasteiger partial charge >= 0.3 is 0 Å². The fraction of sp³-hybridized carbons (Fsp3) is 0.333. The second-order valence-electron chi connectivity index (χ2n) is 10.3. The zero-order chi connectivity index (χ0) is 27.2. The van der Waals surface area contributed by atoms with Gasteiger partial charge in [-0.1, -0.05) is 71.7 Å². The molecule has 0 heterocycles. The molecule has 2 amide bonds. The minimum Gasteiger partial charge on any atom is -0.483 e. The standard InChI is InChI=1S/C30H34Cl2N2O3/c1-20-11-12-21(2)27(15-20)37-19-28(35)34(18-23-13-14-24(31)17-25(23)32)26(29(36)33-30(3,4)5)16-22-9-7-6-8-10-22/h6-15,17,26H,16,18-19H2,1-5H3,(H,33,36). The number of halogens is 2. The highest BCUT2D eigenvalue weighted by Crippen LogP contribution is 2.25. The van der Waals surface area contributed by atoms with Gasteiger partial charge in [0.15, 0.2) is 6.61 Å². The number of rotatable bonds is 9. The van der Waals surface area contributed by atoms with E-state index in [0.717, 1.165) is 16.7 Å². The molecule has 0 aliphatic rings. The number of carbonyl (C=O) groups is 2. The first-order valence-corrected chi connectivity index (χ1v) is 13.0. The lowest BCUT2D eigenvalue weighted by Crippen LogP contribution is -2.55. The van der Waals surface area contributed by atoms with Crippen LogP contribution in [0.15, 0.2) is 66.7 Å². The van der Waals surface area contributed by atoms with Crippen LogP contribution in [0, 0.1) is 13.8 Å². The van der Waals surface area contributed by atoms with Crippen molar-refractivity contribution in [1.29, 1.82) is 0 Å². The molecule has 0 aliphatic heterocycles. The van der Waals surface area contributed by atoms with E-state index in [0.29, 0.717) is 27.8 Å². The summed E-state index contributed by atoms with van der Waals surface area (Å²) in [5.74, 6) is 0.0648. The maximum Gasteiger partial charge on any atom is 0.261 e. The normalized spacial score (nSPS) is 12.1. The van der Waals surface area contributed by atoms with Crippen molar-refractivity contribution in [1.82, 2.24) is 10.2 Å². The number of amides is 2. The van der Waals surface area contributed by atoms with Gasteiger partial charge in [-0.3, -0.25) is 9.59 Å². The zero-order valence-electron chi connectivity index (χ0n) is 22.0. The number of benzene rings is 3. The molecule has 7 heteroatoms. The van der Waals surface area contributed by atoms with Gasteiger partial charge in [0.2, 0.25) is 5.91 Å². The molecule has 1 unspecified atom stereocenters. The molecule has 0 aliphatic carbocycles. The highest BCUT2D eigenvalue weighted by atomic mass is 35.5. The fourth-order valence-electron chi connectivity index (χ4n) is 3.93. The van der Waals surface area contributed by atoms with Gasteiger partial charge in [-0.25, -0.2) is 0 Å². The number of carbonyl (C=O) groups excluding carboxylic acids is 2. The van der Waals surface area contributed by atoms with Crippen LogP contribution in [0.5, 0.6) is 5.75 Å². The summed E-state index contributed by atoms with van der Waals surface area (Å²) < 4.78 is 5.95. The highest BCUT2D eigenvalue weighted by molar-refractivity contribution is 6.35. The molecule has 0 spiro atoms. The molecule has 0 saturated heterocycles. The van der Waals surface area contributed by atoms with E-state index in [4.69, 9.17) is 27.9 Å². The summed E-state index contributed by atoms with van der Waals surface area (Å²) in [5.41, 5.74) is 3.11. The second kappa shape index (κ2) is 12.5. The smallest absolute Gasteiger partial charge is 0.261 e. The third-order valence-electron chi connectivity index (χ3n) is 5.82. The van der Waals surface area contributed by atoms with Crippen LogP contribution in [-0.4, -0.2) is 34.9 Å². The molecule has 0 saturated carbocycles. The maximum absolute atomic E-state index is 13.7. The number of aryl methyl sites for hydroxylation is 2. The summed E-state index contributed by atoms with van der Waals surface area (Å²) in [7, 11) is 0. The predicted octanol–water partition coefficient (Wildman–Crippen LogP) is 6.54. The molecule has 0 radical (unpaired) electrons. The van der Waals surface area contributed by atoms with E-state index in [1.54, 1.807) is 23.1 Å². The third-order valence-corrected chi connectivity index (χ3v) is 6.41. The molecule has 3 aromatic carbocycles. The molecule has 3 aromatic rings. The Labute approximate surface area is 229 Å². The molecule has 0 bridgehead atoms. The lowest BCUT2D eigenvalue weighted by atomic mass is 10.0. The predicted molar refractivity (Wildman–Crippen MR) is 150 cm³/mol. The highest BCUT2D eigenvalue weighted by Gasteiger charge is 2.33. The second-order valence-corrected chi connectivity index (χ2v) is 11.1. The minimum absolute atomic E-state index is 0.125. The summed E-state index contributed by atoms with van der Waals surface area (Å²) in [4.78, 5) is 28.9. The van der Waals surface area contributed by atoms with Crippen molar-refractivity contribution >= 4 is 35.0 Å². The van der Waals surface area contributed by atoms with Crippen molar-refractivity contribution in [3.8, 4) is 5.75 Å². The molecular weight excluding hydrogens is 507 g/mol. The fourth-order valence-corrected chi connectivity index (χ4v) is 4.39. The maximum atomic E-state index is 13.7. The largest absolute Gasteiger partial charge is 0.483 e. The topological polar surface area (TPSA) is 58.6 Å². The number of nitrogens with one attached hydrogen (secondary N) is 1. The Bertz CT molecular complexity index is 1240. The van der Waals surface area contributed by atoms with Crippen molar-refractivity contribution in [2.24, 2.45) is 0 Å². The van der Waals surface area contributed by atoms with Crippen LogP contribution in [-0.2, 0) is 22.6 Å². The Hall–Kier alpha value is -3.02. The average Bonchev–Trinajstić information content (AvgIpc) is 2.82. The first kappa shape index (κ1) is 28.5. The van der Waals surface area contributed by atoms with Crippen molar-refractivity contribution in [2.75, 3.05) is 6.61 Å². The van der Waals surface area contributed by atoms with E-state index < -0.39 is 11.6 Å². The van der Waals surface area contributed by atoms with E-state index in [2.05, 4.69) is 5.32 Å². The van der Waals surface area contributed by atoms with Gasteiger partial charge in [0, 0.05) is 28.5 Å². The quantitative estimate of drug-likeness (QED) is 0.335. The third kappa shape index (κ3) is 8.51. The Morgan fingerprint density at radius 1 is 0.973 bits per heavy atom. The van der Waals surface area contributed by atoms with Gasteiger partial charge in [0.25, 0.3) is 5.91 Å². The van der Waals surface area contributed by atoms with E-state index >= 15 is 0 Å². The Kier molecular flexibility index (Phi) is 9.63. The Balaban J connectivity index is 1.98. The molecular formula is C30H34Cl2N2O3. The van der Waals surface area contributed by atoms with Crippen LogP contribution in [0.4, 0.5) is 0 Å². The first-order valence-electron chi connectivity index (χ1n) is 12.2. The van der Waals surface area contributed by atoms with Crippen LogP contribution < -0.4 is 10.1 Å². The van der Waals surface area contributed by atoms with E-state index in [1.807, 2.05) is 83.1 Å². The minimum atomic E-state index is -0.789. The van der Waals surface area contributed by atoms with Gasteiger partial charge in [-0.2, -0.15) is 0 Å². The molecule has 0 fully saturated rings. The summed E-state index contributed by atoms with van der Waals surface area (Å²) in [5, 5.41) is 3.97. The Morgan fingerprint density at radius 2 is 1.68 bits per heavy atom. The average molecular weight is 542 g/mol. The lowest BCUT2D eigenvalue weighted by Gasteiger charge is -2.34. The van der Waals surface area contributed by atoms with Gasteiger partial charge in [0.1, 0.15) is 11.8 Å². The first-order chi connectivity index (χ1) is 17.4. The summed E-state index contributed by atoms with van der Waals surface area (Å²) in [6.07, 6.45) is 0.336. The van der Waals surface area contributed by atoms with Crippen LogP contribution in [0.25, 0.3) is 0 Å². The van der Waals surface area contributed by atoms with E-state index in [1.165, 1.54) is 0 Å². The summed E-state index contributed by atoms with van der Waals surface area (Å²) in [6, 6.07) is 19.8. The van der Waals surface area contributed by atoms with Gasteiger partial charge in [-0.05, 0) is 75.1 Å². The van der Waals surface area contributed by atoms with Crippen molar-refractivity contribution in [3.63, 3.8) is 0 Å². The van der Waals surface area contributed by atoms with Gasteiger partial charge < -0.3 is 15.0 Å². The van der Waals surface area contributed by atoms with Crippen LogP contribution in [0.2, 0.25) is 10.0 Å². The summed E-state index contributed by atoms with van der Waals surface area (Å²) >= 11 is 12.6. The summed E-state index contributed by atoms with van der Waals surface area (Å²) in [6.45, 7) is 9.54. The Morgan fingerprint density at radius 3 is 2.32 bits per heavy atom. The molecule has 196 valence electrons. The van der Waals surface area contributed by atoms with Gasteiger partial charge in [0.05, 0.1) is 0 Å². The van der Waals surface area contributed by atoms with E-state index in [-0.39, 0.29) is 25.0 Å². The van der Waals surface area contributed by atoms with Crippen molar-refractivity contribution in [2.45, 2.75) is 59.2 Å². The van der Waals surface area contributed by atoms with Crippen LogP contribution >= 0.6 is 23.2 Å². The van der Waals surface area contributed by atoms with Crippen LogP contribution in [0.1, 0.15) is 43.0 Å². The van der Waals surface area contributed by atoms with Gasteiger partial charge in [-0.15, -0.1) is 0 Å². The van der Waals surface area contributed by atoms with Crippen LogP contribution in [0.3, 0.4) is 0 Å². The molecule has 37 heavy (non-hydrogen) atoms. The van der Waals surface area contributed by atoms with E-state index in [9.17, 15) is 9.59 Å². The molecule has 1 N–H and O–H groups in total. The SMILES string of the molecule is Cc1ccc(C)c(OCC(=O)N(Cc2ccc(Cl)cc2Cl)C(Cc2ccccc2)C(=O)NC(C)(C)C)c1. The lowest BCUT2D eigenvalue weighted by molar-refractivity contribution is -0.143. The number of hydrogen-bond acceptors (Lipinski definition) is 3. The van der Waals surface area contributed by atoms with Crippen molar-refractivity contribution < 1.29 is 14.3 Å². The molecule has 0 aromatic heterocycles. The van der Waals surface area contributed by atoms with Crippen molar-refractivity contribution in [3.05, 3.63) is 99.0 Å². The molecule has 5 nitrogen and oxygen atoms in total. The number of ether oxygens (including phenoxy) is 1. The molecule has 3 rings (SSSR count). The number of hydrogen-bond donors (Lipinski definition) is 1. The number of nitrogens with zero attached hydrogens (tertiary/aromatic N) is 1. The monoisotopic (exact) mass is 540 g/mol. The zero-order valence-corrected chi connectivity index (χ0v) is 23.5. The molecule has 1 atom stereocenters.